The van der Waals surface area contributed by atoms with E-state index in [1.807, 2.05) is 12.1 Å². The number of benzene rings is 1. The van der Waals surface area contributed by atoms with E-state index in [2.05, 4.69) is 47.2 Å². The SMILES string of the molecule is CCCCOCC(O)CN[C@@H](C)c1cccc(Br)c1. The molecule has 2 N–H and O–H groups in total. The van der Waals surface area contributed by atoms with Crippen LogP contribution in [0.3, 0.4) is 0 Å². The number of rotatable bonds is 9. The first-order chi connectivity index (χ1) is 9.13. The molecule has 3 nitrogen and oxygen atoms in total. The van der Waals surface area contributed by atoms with Crippen molar-refractivity contribution < 1.29 is 9.84 Å². The predicted octanol–water partition coefficient (Wildman–Crippen LogP) is 3.28. The van der Waals surface area contributed by atoms with Crippen LogP contribution in [0, 0.1) is 0 Å². The number of nitrogens with one attached hydrogen (secondary N) is 1. The normalized spacial score (nSPS) is 14.3. The Bertz CT molecular complexity index is 360. The van der Waals surface area contributed by atoms with Gasteiger partial charge in [-0.2, -0.15) is 0 Å². The van der Waals surface area contributed by atoms with Crippen LogP contribution >= 0.6 is 15.9 Å². The number of halogens is 1. The first-order valence-electron chi connectivity index (χ1n) is 6.88. The van der Waals surface area contributed by atoms with E-state index in [1.165, 1.54) is 5.56 Å². The van der Waals surface area contributed by atoms with Crippen LogP contribution < -0.4 is 5.32 Å². The molecule has 19 heavy (non-hydrogen) atoms. The number of hydrogen-bond donors (Lipinski definition) is 2. The molecule has 0 aromatic heterocycles. The molecule has 0 bridgehead atoms. The van der Waals surface area contributed by atoms with Crippen molar-refractivity contribution in [3.05, 3.63) is 34.3 Å². The van der Waals surface area contributed by atoms with E-state index in [4.69, 9.17) is 4.74 Å². The molecule has 0 saturated heterocycles. The summed E-state index contributed by atoms with van der Waals surface area (Å²) in [6.07, 6.45) is 1.72. The van der Waals surface area contributed by atoms with Gasteiger partial charge in [0, 0.05) is 23.7 Å². The van der Waals surface area contributed by atoms with Crippen molar-refractivity contribution in [1.82, 2.24) is 5.32 Å². The quantitative estimate of drug-likeness (QED) is 0.683. The van der Waals surface area contributed by atoms with E-state index in [0.717, 1.165) is 23.9 Å². The molecule has 1 aromatic carbocycles. The average Bonchev–Trinajstić information content (AvgIpc) is 2.41. The van der Waals surface area contributed by atoms with Crippen molar-refractivity contribution in [3.8, 4) is 0 Å². The molecule has 108 valence electrons. The standard InChI is InChI=1S/C15H24BrNO2/c1-3-4-8-19-11-15(18)10-17-12(2)13-6-5-7-14(16)9-13/h5-7,9,12,15,17-18H,3-4,8,10-11H2,1-2H3/t12-,15?/m0/s1. The van der Waals surface area contributed by atoms with Gasteiger partial charge in [0.2, 0.25) is 0 Å². The Morgan fingerprint density at radius 1 is 1.42 bits per heavy atom. The van der Waals surface area contributed by atoms with Gasteiger partial charge in [-0.1, -0.05) is 41.4 Å². The first kappa shape index (κ1) is 16.6. The molecule has 4 heteroatoms. The van der Waals surface area contributed by atoms with Crippen molar-refractivity contribution in [1.29, 1.82) is 0 Å². The molecule has 0 aliphatic heterocycles. The zero-order chi connectivity index (χ0) is 14.1. The van der Waals surface area contributed by atoms with Gasteiger partial charge in [-0.05, 0) is 31.0 Å². The van der Waals surface area contributed by atoms with Gasteiger partial charge < -0.3 is 15.2 Å². The van der Waals surface area contributed by atoms with Gasteiger partial charge in [0.25, 0.3) is 0 Å². The zero-order valence-electron chi connectivity index (χ0n) is 11.7. The van der Waals surface area contributed by atoms with E-state index in [1.54, 1.807) is 0 Å². The summed E-state index contributed by atoms with van der Waals surface area (Å²) in [7, 11) is 0. The summed E-state index contributed by atoms with van der Waals surface area (Å²) in [6.45, 7) is 5.89. The summed E-state index contributed by atoms with van der Waals surface area (Å²) in [4.78, 5) is 0. The molecular formula is C15H24BrNO2. The lowest BCUT2D eigenvalue weighted by Gasteiger charge is -2.18. The molecule has 0 radical (unpaired) electrons. The van der Waals surface area contributed by atoms with E-state index in [9.17, 15) is 5.11 Å². The third-order valence-electron chi connectivity index (χ3n) is 2.96. The third kappa shape index (κ3) is 7.06. The fraction of sp³-hybridized carbons (Fsp3) is 0.600. The minimum atomic E-state index is -0.452. The lowest BCUT2D eigenvalue weighted by molar-refractivity contribution is 0.0348. The molecule has 0 amide bonds. The number of unbranched alkanes of at least 4 members (excludes halogenated alkanes) is 1. The fourth-order valence-electron chi connectivity index (χ4n) is 1.73. The Balaban J connectivity index is 2.24. The minimum absolute atomic E-state index is 0.211. The van der Waals surface area contributed by atoms with E-state index in [0.29, 0.717) is 13.2 Å². The smallest absolute Gasteiger partial charge is 0.0897 e. The van der Waals surface area contributed by atoms with Gasteiger partial charge in [0.05, 0.1) is 12.7 Å². The van der Waals surface area contributed by atoms with Crippen LogP contribution in [0.2, 0.25) is 0 Å². The van der Waals surface area contributed by atoms with Crippen LogP contribution in [0.25, 0.3) is 0 Å². The molecule has 0 aliphatic carbocycles. The number of aliphatic hydroxyl groups is 1. The molecular weight excluding hydrogens is 306 g/mol. The maximum absolute atomic E-state index is 9.80. The second kappa shape index (κ2) is 9.48. The monoisotopic (exact) mass is 329 g/mol. The van der Waals surface area contributed by atoms with Crippen LogP contribution in [-0.2, 0) is 4.74 Å². The van der Waals surface area contributed by atoms with Gasteiger partial charge in [-0.15, -0.1) is 0 Å². The summed E-state index contributed by atoms with van der Waals surface area (Å²) < 4.78 is 6.47. The van der Waals surface area contributed by atoms with Crippen LogP contribution in [0.4, 0.5) is 0 Å². The zero-order valence-corrected chi connectivity index (χ0v) is 13.3. The molecule has 1 aromatic rings. The Morgan fingerprint density at radius 2 is 2.21 bits per heavy atom. The van der Waals surface area contributed by atoms with Crippen molar-refractivity contribution in [3.63, 3.8) is 0 Å². The fourth-order valence-corrected chi connectivity index (χ4v) is 2.15. The Morgan fingerprint density at radius 3 is 2.89 bits per heavy atom. The Labute approximate surface area is 124 Å². The van der Waals surface area contributed by atoms with Crippen molar-refractivity contribution in [2.24, 2.45) is 0 Å². The van der Waals surface area contributed by atoms with E-state index >= 15 is 0 Å². The number of hydrogen-bond acceptors (Lipinski definition) is 3. The molecule has 0 aliphatic rings. The summed E-state index contributed by atoms with van der Waals surface area (Å²) in [6, 6.07) is 8.39. The highest BCUT2D eigenvalue weighted by Gasteiger charge is 2.09. The maximum Gasteiger partial charge on any atom is 0.0897 e. The summed E-state index contributed by atoms with van der Waals surface area (Å²) in [5, 5.41) is 13.1. The lowest BCUT2D eigenvalue weighted by atomic mass is 10.1. The van der Waals surface area contributed by atoms with E-state index < -0.39 is 6.10 Å². The predicted molar refractivity (Wildman–Crippen MR) is 82.3 cm³/mol. The molecule has 2 atom stereocenters. The van der Waals surface area contributed by atoms with Gasteiger partial charge in [0.15, 0.2) is 0 Å². The molecule has 1 rings (SSSR count). The van der Waals surface area contributed by atoms with Gasteiger partial charge >= 0.3 is 0 Å². The summed E-state index contributed by atoms with van der Waals surface area (Å²) >= 11 is 3.46. The summed E-state index contributed by atoms with van der Waals surface area (Å²) in [5.41, 5.74) is 1.20. The maximum atomic E-state index is 9.80. The lowest BCUT2D eigenvalue weighted by Crippen LogP contribution is -2.32. The highest BCUT2D eigenvalue weighted by atomic mass is 79.9. The van der Waals surface area contributed by atoms with Crippen molar-refractivity contribution >= 4 is 15.9 Å². The Hall–Kier alpha value is -0.420. The van der Waals surface area contributed by atoms with Gasteiger partial charge in [-0.3, -0.25) is 0 Å². The number of ether oxygens (including phenoxy) is 1. The van der Waals surface area contributed by atoms with Crippen LogP contribution in [0.5, 0.6) is 0 Å². The molecule has 0 fully saturated rings. The Kier molecular flexibility index (Phi) is 8.30. The van der Waals surface area contributed by atoms with Crippen LogP contribution in [-0.4, -0.2) is 31.0 Å². The molecule has 0 spiro atoms. The molecule has 1 unspecified atom stereocenters. The van der Waals surface area contributed by atoms with Gasteiger partial charge in [-0.25, -0.2) is 0 Å². The van der Waals surface area contributed by atoms with Crippen LogP contribution in [0.15, 0.2) is 28.7 Å². The molecule has 0 heterocycles. The van der Waals surface area contributed by atoms with Crippen LogP contribution in [0.1, 0.15) is 38.3 Å². The van der Waals surface area contributed by atoms with Crippen molar-refractivity contribution in [2.45, 2.75) is 38.8 Å². The topological polar surface area (TPSA) is 41.5 Å². The first-order valence-corrected chi connectivity index (χ1v) is 7.67. The van der Waals surface area contributed by atoms with E-state index in [-0.39, 0.29) is 6.04 Å². The number of aliphatic hydroxyl groups excluding tert-OH is 1. The highest BCUT2D eigenvalue weighted by molar-refractivity contribution is 9.10. The third-order valence-corrected chi connectivity index (χ3v) is 3.45. The average molecular weight is 330 g/mol. The summed E-state index contributed by atoms with van der Waals surface area (Å²) in [5.74, 6) is 0. The largest absolute Gasteiger partial charge is 0.389 e. The minimum Gasteiger partial charge on any atom is -0.389 e. The second-order valence-electron chi connectivity index (χ2n) is 4.77. The highest BCUT2D eigenvalue weighted by Crippen LogP contribution is 2.17. The second-order valence-corrected chi connectivity index (χ2v) is 5.68. The van der Waals surface area contributed by atoms with Gasteiger partial charge in [0.1, 0.15) is 0 Å². The van der Waals surface area contributed by atoms with Crippen molar-refractivity contribution in [2.75, 3.05) is 19.8 Å². The molecule has 0 saturated carbocycles.